The minimum Gasteiger partial charge on any atom is -0.497 e. The van der Waals surface area contributed by atoms with Crippen molar-refractivity contribution < 1.29 is 13.9 Å². The fraction of sp³-hybridized carbons (Fsp3) is 0.174. The second-order valence-corrected chi connectivity index (χ2v) is 6.38. The fourth-order valence-electron chi connectivity index (χ4n) is 3.15. The first-order valence-corrected chi connectivity index (χ1v) is 8.80. The summed E-state index contributed by atoms with van der Waals surface area (Å²) in [5, 5.41) is 2.94. The second kappa shape index (κ2) is 8.49. The molecular weight excluding hydrogens is 341 g/mol. The number of amides is 1. The number of rotatable bonds is 6. The van der Waals surface area contributed by atoms with Gasteiger partial charge in [0.25, 0.3) is 0 Å². The maximum absolute atomic E-state index is 14.5. The Hall–Kier alpha value is -3.14. The van der Waals surface area contributed by atoms with Crippen LogP contribution < -0.4 is 10.1 Å². The highest BCUT2D eigenvalue weighted by molar-refractivity contribution is 5.87. The number of hydrogen-bond acceptors (Lipinski definition) is 2. The molecule has 0 heterocycles. The molecule has 0 aliphatic carbocycles. The monoisotopic (exact) mass is 363 g/mol. The number of benzene rings is 3. The van der Waals surface area contributed by atoms with Crippen LogP contribution >= 0.6 is 0 Å². The summed E-state index contributed by atoms with van der Waals surface area (Å²) < 4.78 is 19.8. The van der Waals surface area contributed by atoms with Gasteiger partial charge in [0.05, 0.1) is 13.0 Å². The zero-order valence-corrected chi connectivity index (χ0v) is 15.4. The standard InChI is InChI=1S/C23H22FNO2/c1-16-14-18(27-2)12-13-19(16)22(20-10-6-7-11-21(20)24)23(26)25-15-17-8-4-3-5-9-17/h3-14,22H,15H2,1-2H3,(H,25,26)/t22-/m0/s1. The Labute approximate surface area is 158 Å². The van der Waals surface area contributed by atoms with E-state index in [9.17, 15) is 9.18 Å². The lowest BCUT2D eigenvalue weighted by Gasteiger charge is -2.21. The van der Waals surface area contributed by atoms with Crippen molar-refractivity contribution in [3.05, 3.63) is 101 Å². The van der Waals surface area contributed by atoms with Crippen molar-refractivity contribution in [3.8, 4) is 5.75 Å². The van der Waals surface area contributed by atoms with Crippen LogP contribution in [0.15, 0.2) is 72.8 Å². The Bertz CT molecular complexity index is 925. The molecule has 0 spiro atoms. The Morgan fingerprint density at radius 1 is 1.00 bits per heavy atom. The third kappa shape index (κ3) is 4.34. The van der Waals surface area contributed by atoms with Crippen LogP contribution in [0.4, 0.5) is 4.39 Å². The maximum atomic E-state index is 14.5. The van der Waals surface area contributed by atoms with Gasteiger partial charge >= 0.3 is 0 Å². The lowest BCUT2D eigenvalue weighted by Crippen LogP contribution is -2.30. The first-order valence-electron chi connectivity index (χ1n) is 8.80. The van der Waals surface area contributed by atoms with Crippen molar-refractivity contribution in [1.29, 1.82) is 0 Å². The molecule has 0 aliphatic heterocycles. The number of methoxy groups -OCH3 is 1. The molecule has 138 valence electrons. The van der Waals surface area contributed by atoms with E-state index in [0.717, 1.165) is 16.7 Å². The van der Waals surface area contributed by atoms with E-state index < -0.39 is 11.7 Å². The van der Waals surface area contributed by atoms with Crippen molar-refractivity contribution in [3.63, 3.8) is 0 Å². The van der Waals surface area contributed by atoms with E-state index in [4.69, 9.17) is 4.74 Å². The highest BCUT2D eigenvalue weighted by Gasteiger charge is 2.26. The summed E-state index contributed by atoms with van der Waals surface area (Å²) in [5.74, 6) is -0.668. The van der Waals surface area contributed by atoms with Gasteiger partial charge in [0.15, 0.2) is 0 Å². The first kappa shape index (κ1) is 18.6. The Balaban J connectivity index is 1.95. The number of halogens is 1. The third-order valence-corrected chi connectivity index (χ3v) is 4.58. The summed E-state index contributed by atoms with van der Waals surface area (Å²) in [5.41, 5.74) is 2.98. The molecule has 0 fully saturated rings. The van der Waals surface area contributed by atoms with Crippen LogP contribution in [-0.2, 0) is 11.3 Å². The van der Waals surface area contributed by atoms with Gasteiger partial charge in [-0.2, -0.15) is 0 Å². The topological polar surface area (TPSA) is 38.3 Å². The molecule has 3 rings (SSSR count). The van der Waals surface area contributed by atoms with E-state index >= 15 is 0 Å². The highest BCUT2D eigenvalue weighted by atomic mass is 19.1. The number of aryl methyl sites for hydroxylation is 1. The van der Waals surface area contributed by atoms with Crippen LogP contribution in [0.25, 0.3) is 0 Å². The van der Waals surface area contributed by atoms with Crippen LogP contribution in [0.2, 0.25) is 0 Å². The molecule has 0 saturated heterocycles. The lowest BCUT2D eigenvalue weighted by molar-refractivity contribution is -0.121. The number of carbonyl (C=O) groups is 1. The smallest absolute Gasteiger partial charge is 0.232 e. The molecule has 1 N–H and O–H groups in total. The Kier molecular flexibility index (Phi) is 5.87. The van der Waals surface area contributed by atoms with E-state index in [1.807, 2.05) is 49.4 Å². The first-order chi connectivity index (χ1) is 13.1. The summed E-state index contributed by atoms with van der Waals surface area (Å²) in [6, 6.07) is 21.5. The number of ether oxygens (including phenoxy) is 1. The van der Waals surface area contributed by atoms with Crippen molar-refractivity contribution in [2.75, 3.05) is 7.11 Å². The lowest BCUT2D eigenvalue weighted by atomic mass is 9.87. The molecular formula is C23H22FNO2. The molecule has 0 aliphatic rings. The highest BCUT2D eigenvalue weighted by Crippen LogP contribution is 2.31. The molecule has 0 radical (unpaired) electrons. The quantitative estimate of drug-likeness (QED) is 0.696. The molecule has 0 saturated carbocycles. The zero-order valence-electron chi connectivity index (χ0n) is 15.4. The molecule has 0 bridgehead atoms. The molecule has 0 aromatic heterocycles. The van der Waals surface area contributed by atoms with E-state index in [-0.39, 0.29) is 5.91 Å². The number of hydrogen-bond donors (Lipinski definition) is 1. The van der Waals surface area contributed by atoms with E-state index in [2.05, 4.69) is 5.32 Å². The molecule has 1 atom stereocenters. The predicted octanol–water partition coefficient (Wildman–Crippen LogP) is 4.59. The molecule has 3 aromatic rings. The summed E-state index contributed by atoms with van der Waals surface area (Å²) in [7, 11) is 1.59. The third-order valence-electron chi connectivity index (χ3n) is 4.58. The van der Waals surface area contributed by atoms with Crippen LogP contribution in [0.3, 0.4) is 0 Å². The summed E-state index contributed by atoms with van der Waals surface area (Å²) in [6.07, 6.45) is 0. The average Bonchev–Trinajstić information content (AvgIpc) is 2.70. The normalized spacial score (nSPS) is 11.7. The molecule has 4 heteroatoms. The summed E-state index contributed by atoms with van der Waals surface area (Å²) >= 11 is 0. The van der Waals surface area contributed by atoms with Gasteiger partial charge in [-0.05, 0) is 41.8 Å². The predicted molar refractivity (Wildman–Crippen MR) is 104 cm³/mol. The van der Waals surface area contributed by atoms with Crippen LogP contribution in [0.5, 0.6) is 5.75 Å². The second-order valence-electron chi connectivity index (χ2n) is 6.38. The van der Waals surface area contributed by atoms with Crippen molar-refractivity contribution in [2.24, 2.45) is 0 Å². The van der Waals surface area contributed by atoms with Gasteiger partial charge in [0.1, 0.15) is 11.6 Å². The van der Waals surface area contributed by atoms with Crippen molar-refractivity contribution in [2.45, 2.75) is 19.4 Å². The number of nitrogens with one attached hydrogen (secondary N) is 1. The van der Waals surface area contributed by atoms with E-state index in [0.29, 0.717) is 17.9 Å². The van der Waals surface area contributed by atoms with Crippen LogP contribution in [0, 0.1) is 12.7 Å². The van der Waals surface area contributed by atoms with E-state index in [1.54, 1.807) is 31.4 Å². The summed E-state index contributed by atoms with van der Waals surface area (Å²) in [6.45, 7) is 2.29. The van der Waals surface area contributed by atoms with Gasteiger partial charge in [0.2, 0.25) is 5.91 Å². The maximum Gasteiger partial charge on any atom is 0.232 e. The Morgan fingerprint density at radius 3 is 2.37 bits per heavy atom. The van der Waals surface area contributed by atoms with Crippen LogP contribution in [-0.4, -0.2) is 13.0 Å². The molecule has 1 amide bonds. The van der Waals surface area contributed by atoms with Gasteiger partial charge < -0.3 is 10.1 Å². The average molecular weight is 363 g/mol. The van der Waals surface area contributed by atoms with Gasteiger partial charge in [-0.15, -0.1) is 0 Å². The largest absolute Gasteiger partial charge is 0.497 e. The fourth-order valence-corrected chi connectivity index (χ4v) is 3.15. The van der Waals surface area contributed by atoms with E-state index in [1.165, 1.54) is 6.07 Å². The minimum atomic E-state index is -0.735. The van der Waals surface area contributed by atoms with Gasteiger partial charge in [-0.25, -0.2) is 4.39 Å². The molecule has 3 aromatic carbocycles. The van der Waals surface area contributed by atoms with Gasteiger partial charge in [0, 0.05) is 12.1 Å². The van der Waals surface area contributed by atoms with Crippen molar-refractivity contribution in [1.82, 2.24) is 5.32 Å². The molecule has 0 unspecified atom stereocenters. The molecule has 3 nitrogen and oxygen atoms in total. The van der Waals surface area contributed by atoms with Gasteiger partial charge in [-0.1, -0.05) is 54.6 Å². The number of carbonyl (C=O) groups excluding carboxylic acids is 1. The van der Waals surface area contributed by atoms with Gasteiger partial charge in [-0.3, -0.25) is 4.79 Å². The van der Waals surface area contributed by atoms with Crippen molar-refractivity contribution >= 4 is 5.91 Å². The van der Waals surface area contributed by atoms with Crippen LogP contribution in [0.1, 0.15) is 28.2 Å². The Morgan fingerprint density at radius 2 is 1.70 bits per heavy atom. The minimum absolute atomic E-state index is 0.239. The zero-order chi connectivity index (χ0) is 19.2. The SMILES string of the molecule is COc1ccc([C@H](C(=O)NCc2ccccc2)c2ccccc2F)c(C)c1. The molecule has 27 heavy (non-hydrogen) atoms. The summed E-state index contributed by atoms with van der Waals surface area (Å²) in [4.78, 5) is 13.1.